The predicted molar refractivity (Wildman–Crippen MR) is 57.9 cm³/mol. The van der Waals surface area contributed by atoms with Crippen molar-refractivity contribution in [2.75, 3.05) is 13.1 Å². The summed E-state index contributed by atoms with van der Waals surface area (Å²) in [5.41, 5.74) is 6.01. The summed E-state index contributed by atoms with van der Waals surface area (Å²) >= 11 is 0. The van der Waals surface area contributed by atoms with Gasteiger partial charge in [0.05, 0.1) is 6.04 Å². The smallest absolute Gasteiger partial charge is 0.239 e. The van der Waals surface area contributed by atoms with E-state index in [1.165, 1.54) is 0 Å². The quantitative estimate of drug-likeness (QED) is 0.728. The monoisotopic (exact) mass is 198 g/mol. The van der Waals surface area contributed by atoms with Gasteiger partial charge in [0.15, 0.2) is 0 Å². The van der Waals surface area contributed by atoms with Crippen LogP contribution >= 0.6 is 0 Å². The van der Waals surface area contributed by atoms with Gasteiger partial charge in [-0.1, -0.05) is 20.8 Å². The van der Waals surface area contributed by atoms with Crippen LogP contribution in [0.5, 0.6) is 0 Å². The molecule has 1 unspecified atom stereocenters. The third kappa shape index (κ3) is 3.29. The summed E-state index contributed by atoms with van der Waals surface area (Å²) in [6.45, 7) is 8.34. The van der Waals surface area contributed by atoms with Gasteiger partial charge in [-0.05, 0) is 24.7 Å². The Morgan fingerprint density at radius 1 is 1.50 bits per heavy atom. The van der Waals surface area contributed by atoms with E-state index in [0.717, 1.165) is 32.4 Å². The number of rotatable bonds is 2. The summed E-state index contributed by atoms with van der Waals surface area (Å²) in [5.74, 6) is 0.139. The lowest BCUT2D eigenvalue weighted by Crippen LogP contribution is -2.49. The minimum absolute atomic E-state index is 0.139. The fourth-order valence-corrected chi connectivity index (χ4v) is 1.66. The normalized spacial score (nSPS) is 24.1. The van der Waals surface area contributed by atoms with Gasteiger partial charge in [0.25, 0.3) is 0 Å². The third-order valence-corrected chi connectivity index (χ3v) is 2.70. The lowest BCUT2D eigenvalue weighted by atomic mass is 9.91. The van der Waals surface area contributed by atoms with Crippen molar-refractivity contribution in [3.05, 3.63) is 0 Å². The van der Waals surface area contributed by atoms with Gasteiger partial charge in [0.1, 0.15) is 0 Å². The Kier molecular flexibility index (Phi) is 3.53. The topological polar surface area (TPSA) is 46.3 Å². The molecule has 1 heterocycles. The van der Waals surface area contributed by atoms with Gasteiger partial charge < -0.3 is 10.6 Å². The summed E-state index contributed by atoms with van der Waals surface area (Å²) in [4.78, 5) is 13.6. The summed E-state index contributed by atoms with van der Waals surface area (Å²) in [6, 6.07) is -0.247. The van der Waals surface area contributed by atoms with E-state index in [4.69, 9.17) is 5.73 Å². The second-order valence-electron chi connectivity index (χ2n) is 5.38. The summed E-state index contributed by atoms with van der Waals surface area (Å²) in [7, 11) is 0. The number of likely N-dealkylation sites (tertiary alicyclic amines) is 1. The molecule has 0 bridgehead atoms. The van der Waals surface area contributed by atoms with E-state index in [1.54, 1.807) is 0 Å². The van der Waals surface area contributed by atoms with Crippen molar-refractivity contribution in [3.63, 3.8) is 0 Å². The number of amides is 1. The number of hydrogen-bond acceptors (Lipinski definition) is 2. The van der Waals surface area contributed by atoms with Crippen LogP contribution in [0.4, 0.5) is 0 Å². The Balaban J connectivity index is 2.40. The molecule has 0 aromatic heterocycles. The molecular formula is C11H22N2O. The van der Waals surface area contributed by atoms with E-state index >= 15 is 0 Å². The van der Waals surface area contributed by atoms with Crippen molar-refractivity contribution >= 4 is 5.91 Å². The van der Waals surface area contributed by atoms with Crippen LogP contribution in [0, 0.1) is 5.41 Å². The zero-order chi connectivity index (χ0) is 10.8. The maximum Gasteiger partial charge on any atom is 0.239 e. The highest BCUT2D eigenvalue weighted by Gasteiger charge is 2.26. The summed E-state index contributed by atoms with van der Waals surface area (Å²) in [5, 5.41) is 0. The number of piperidine rings is 1. The van der Waals surface area contributed by atoms with Crippen molar-refractivity contribution in [1.82, 2.24) is 4.90 Å². The maximum atomic E-state index is 11.6. The SMILES string of the molecule is CC(C)(C)CCN1CCCC(N)C1=O. The van der Waals surface area contributed by atoms with Crippen LogP contribution in [0.1, 0.15) is 40.0 Å². The van der Waals surface area contributed by atoms with Crippen LogP contribution < -0.4 is 5.73 Å². The first-order chi connectivity index (χ1) is 6.40. The first kappa shape index (κ1) is 11.5. The van der Waals surface area contributed by atoms with Crippen molar-refractivity contribution in [3.8, 4) is 0 Å². The first-order valence-electron chi connectivity index (χ1n) is 5.44. The molecule has 1 fully saturated rings. The molecule has 1 amide bonds. The molecule has 3 heteroatoms. The molecule has 82 valence electrons. The van der Waals surface area contributed by atoms with E-state index in [0.29, 0.717) is 5.41 Å². The van der Waals surface area contributed by atoms with E-state index < -0.39 is 0 Å². The predicted octanol–water partition coefficient (Wildman–Crippen LogP) is 1.37. The van der Waals surface area contributed by atoms with Gasteiger partial charge in [-0.25, -0.2) is 0 Å². The molecule has 1 rings (SSSR count). The number of nitrogens with two attached hydrogens (primary N) is 1. The standard InChI is InChI=1S/C11H22N2O/c1-11(2,3)6-8-13-7-4-5-9(12)10(13)14/h9H,4-8,12H2,1-3H3. The summed E-state index contributed by atoms with van der Waals surface area (Å²) in [6.07, 6.45) is 2.95. The molecule has 0 aromatic rings. The van der Waals surface area contributed by atoms with E-state index in [1.807, 2.05) is 4.90 Å². The van der Waals surface area contributed by atoms with Gasteiger partial charge in [0, 0.05) is 13.1 Å². The highest BCUT2D eigenvalue weighted by Crippen LogP contribution is 2.20. The van der Waals surface area contributed by atoms with Gasteiger partial charge in [-0.3, -0.25) is 4.79 Å². The van der Waals surface area contributed by atoms with Crippen molar-refractivity contribution in [1.29, 1.82) is 0 Å². The summed E-state index contributed by atoms with van der Waals surface area (Å²) < 4.78 is 0. The number of carbonyl (C=O) groups excluding carboxylic acids is 1. The van der Waals surface area contributed by atoms with Crippen molar-refractivity contribution < 1.29 is 4.79 Å². The van der Waals surface area contributed by atoms with Crippen LogP contribution in [0.3, 0.4) is 0 Å². The molecule has 1 atom stereocenters. The number of nitrogens with zero attached hydrogens (tertiary/aromatic N) is 1. The Morgan fingerprint density at radius 2 is 2.14 bits per heavy atom. The van der Waals surface area contributed by atoms with Gasteiger partial charge in [-0.15, -0.1) is 0 Å². The molecule has 0 spiro atoms. The molecule has 0 aromatic carbocycles. The van der Waals surface area contributed by atoms with Gasteiger partial charge in [-0.2, -0.15) is 0 Å². The Hall–Kier alpha value is -0.570. The molecule has 1 aliphatic heterocycles. The third-order valence-electron chi connectivity index (χ3n) is 2.70. The average molecular weight is 198 g/mol. The lowest BCUT2D eigenvalue weighted by molar-refractivity contribution is -0.135. The molecule has 3 nitrogen and oxygen atoms in total. The van der Waals surface area contributed by atoms with Crippen molar-refractivity contribution in [2.24, 2.45) is 11.1 Å². The van der Waals surface area contributed by atoms with E-state index in [-0.39, 0.29) is 11.9 Å². The number of hydrogen-bond donors (Lipinski definition) is 1. The van der Waals surface area contributed by atoms with Gasteiger partial charge >= 0.3 is 0 Å². The van der Waals surface area contributed by atoms with E-state index in [2.05, 4.69) is 20.8 Å². The minimum atomic E-state index is -0.247. The molecule has 0 aliphatic carbocycles. The van der Waals surface area contributed by atoms with Crippen LogP contribution in [0.25, 0.3) is 0 Å². The fourth-order valence-electron chi connectivity index (χ4n) is 1.66. The Morgan fingerprint density at radius 3 is 2.71 bits per heavy atom. The average Bonchev–Trinajstić information content (AvgIpc) is 2.06. The Labute approximate surface area is 86.6 Å². The second-order valence-corrected chi connectivity index (χ2v) is 5.38. The fraction of sp³-hybridized carbons (Fsp3) is 0.909. The van der Waals surface area contributed by atoms with Crippen molar-refractivity contribution in [2.45, 2.75) is 46.1 Å². The van der Waals surface area contributed by atoms with Crippen LogP contribution in [0.15, 0.2) is 0 Å². The molecule has 14 heavy (non-hydrogen) atoms. The first-order valence-corrected chi connectivity index (χ1v) is 5.44. The highest BCUT2D eigenvalue weighted by atomic mass is 16.2. The zero-order valence-corrected chi connectivity index (χ0v) is 9.55. The minimum Gasteiger partial charge on any atom is -0.341 e. The molecule has 2 N–H and O–H groups in total. The molecule has 0 saturated carbocycles. The largest absolute Gasteiger partial charge is 0.341 e. The molecule has 1 aliphatic rings. The lowest BCUT2D eigenvalue weighted by Gasteiger charge is -2.32. The Bertz CT molecular complexity index is 208. The molecular weight excluding hydrogens is 176 g/mol. The second kappa shape index (κ2) is 4.30. The van der Waals surface area contributed by atoms with Crippen LogP contribution in [-0.2, 0) is 4.79 Å². The molecule has 0 radical (unpaired) electrons. The van der Waals surface area contributed by atoms with Gasteiger partial charge in [0.2, 0.25) is 5.91 Å². The maximum absolute atomic E-state index is 11.6. The number of carbonyl (C=O) groups is 1. The van der Waals surface area contributed by atoms with Crippen LogP contribution in [-0.4, -0.2) is 29.9 Å². The zero-order valence-electron chi connectivity index (χ0n) is 9.55. The van der Waals surface area contributed by atoms with Crippen LogP contribution in [0.2, 0.25) is 0 Å². The molecule has 1 saturated heterocycles. The highest BCUT2D eigenvalue weighted by molar-refractivity contribution is 5.82. The van der Waals surface area contributed by atoms with E-state index in [9.17, 15) is 4.79 Å².